The molecule has 0 bridgehead atoms. The predicted molar refractivity (Wildman–Crippen MR) is 68.7 cm³/mol. The Hall–Kier alpha value is -1.29. The van der Waals surface area contributed by atoms with E-state index < -0.39 is 0 Å². The number of aromatic amines is 1. The summed E-state index contributed by atoms with van der Waals surface area (Å²) in [4.78, 5) is 28.3. The van der Waals surface area contributed by atoms with Gasteiger partial charge in [0, 0.05) is 36.4 Å². The van der Waals surface area contributed by atoms with Gasteiger partial charge in [-0.15, -0.1) is 11.6 Å². The third-order valence-electron chi connectivity index (χ3n) is 2.50. The summed E-state index contributed by atoms with van der Waals surface area (Å²) in [6.07, 6.45) is 1.46. The second-order valence-electron chi connectivity index (χ2n) is 4.18. The standard InChI is InChI=1S/C12H17ClN2O2/c1-8(2)15(5-4-13)12(17)10-7-14-9(3)6-11(10)16/h6-8H,4-5H2,1-3H3,(H,14,16). The van der Waals surface area contributed by atoms with Crippen molar-refractivity contribution in [3.05, 3.63) is 33.7 Å². The summed E-state index contributed by atoms with van der Waals surface area (Å²) in [5.41, 5.74) is 0.640. The van der Waals surface area contributed by atoms with E-state index in [1.54, 1.807) is 11.8 Å². The van der Waals surface area contributed by atoms with Gasteiger partial charge in [-0.2, -0.15) is 0 Å². The number of aryl methyl sites for hydroxylation is 1. The van der Waals surface area contributed by atoms with Crippen molar-refractivity contribution in [1.29, 1.82) is 0 Å². The van der Waals surface area contributed by atoms with Crippen molar-refractivity contribution in [2.45, 2.75) is 26.8 Å². The van der Waals surface area contributed by atoms with Crippen LogP contribution in [-0.4, -0.2) is 34.3 Å². The molecule has 94 valence electrons. The van der Waals surface area contributed by atoms with Crippen LogP contribution in [0.1, 0.15) is 29.9 Å². The van der Waals surface area contributed by atoms with Crippen LogP contribution in [-0.2, 0) is 0 Å². The quantitative estimate of drug-likeness (QED) is 0.835. The van der Waals surface area contributed by atoms with E-state index in [0.717, 1.165) is 5.69 Å². The Morgan fingerprint density at radius 3 is 2.65 bits per heavy atom. The number of hydrogen-bond donors (Lipinski definition) is 1. The molecule has 4 nitrogen and oxygen atoms in total. The monoisotopic (exact) mass is 256 g/mol. The van der Waals surface area contributed by atoms with Crippen molar-refractivity contribution < 1.29 is 4.79 Å². The smallest absolute Gasteiger partial charge is 0.259 e. The Labute approximate surface area is 106 Å². The summed E-state index contributed by atoms with van der Waals surface area (Å²) in [5, 5.41) is 0. The van der Waals surface area contributed by atoms with E-state index in [1.807, 2.05) is 13.8 Å². The number of amides is 1. The molecule has 0 saturated carbocycles. The number of nitrogens with one attached hydrogen (secondary N) is 1. The Bertz CT molecular complexity index is 454. The second-order valence-corrected chi connectivity index (χ2v) is 4.55. The number of carbonyl (C=O) groups is 1. The van der Waals surface area contributed by atoms with Gasteiger partial charge in [-0.1, -0.05) is 0 Å². The Morgan fingerprint density at radius 2 is 2.18 bits per heavy atom. The molecule has 1 amide bonds. The minimum atomic E-state index is -0.276. The van der Waals surface area contributed by atoms with Crippen LogP contribution in [0.2, 0.25) is 0 Å². The van der Waals surface area contributed by atoms with Gasteiger partial charge in [-0.25, -0.2) is 0 Å². The first kappa shape index (κ1) is 13.8. The van der Waals surface area contributed by atoms with E-state index in [2.05, 4.69) is 4.98 Å². The van der Waals surface area contributed by atoms with Gasteiger partial charge in [0.25, 0.3) is 5.91 Å². The third-order valence-corrected chi connectivity index (χ3v) is 2.67. The van der Waals surface area contributed by atoms with E-state index in [9.17, 15) is 9.59 Å². The van der Waals surface area contributed by atoms with Gasteiger partial charge in [-0.3, -0.25) is 9.59 Å². The van der Waals surface area contributed by atoms with Crippen molar-refractivity contribution in [2.24, 2.45) is 0 Å². The van der Waals surface area contributed by atoms with Crippen molar-refractivity contribution >= 4 is 17.5 Å². The van der Waals surface area contributed by atoms with Crippen LogP contribution in [0.3, 0.4) is 0 Å². The molecule has 5 heteroatoms. The first-order chi connectivity index (χ1) is 7.97. The van der Waals surface area contributed by atoms with Crippen LogP contribution in [0, 0.1) is 6.92 Å². The SMILES string of the molecule is Cc1cc(=O)c(C(=O)N(CCCl)C(C)C)c[nH]1. The molecule has 0 spiro atoms. The van der Waals surface area contributed by atoms with Crippen molar-refractivity contribution in [3.63, 3.8) is 0 Å². The number of nitrogens with zero attached hydrogens (tertiary/aromatic N) is 1. The fraction of sp³-hybridized carbons (Fsp3) is 0.500. The largest absolute Gasteiger partial charge is 0.364 e. The molecule has 0 radical (unpaired) electrons. The zero-order valence-electron chi connectivity index (χ0n) is 10.3. The van der Waals surface area contributed by atoms with Crippen LogP contribution >= 0.6 is 11.6 Å². The average Bonchev–Trinajstić information content (AvgIpc) is 2.24. The van der Waals surface area contributed by atoms with Crippen molar-refractivity contribution in [1.82, 2.24) is 9.88 Å². The maximum Gasteiger partial charge on any atom is 0.259 e. The van der Waals surface area contributed by atoms with E-state index in [-0.39, 0.29) is 22.9 Å². The number of pyridine rings is 1. The normalized spacial score (nSPS) is 10.6. The van der Waals surface area contributed by atoms with Gasteiger partial charge in [0.15, 0.2) is 5.43 Å². The molecule has 1 rings (SSSR count). The Balaban J connectivity index is 3.05. The molecule has 0 atom stereocenters. The van der Waals surface area contributed by atoms with Crippen LogP contribution in [0.5, 0.6) is 0 Å². The Kier molecular flexibility index (Phi) is 4.75. The van der Waals surface area contributed by atoms with E-state index in [1.165, 1.54) is 12.3 Å². The highest BCUT2D eigenvalue weighted by molar-refractivity contribution is 6.18. The maximum absolute atomic E-state index is 12.2. The molecule has 1 aromatic rings. The highest BCUT2D eigenvalue weighted by Gasteiger charge is 2.20. The molecule has 1 N–H and O–H groups in total. The molecule has 1 heterocycles. The topological polar surface area (TPSA) is 53.2 Å². The van der Waals surface area contributed by atoms with Crippen LogP contribution in [0.15, 0.2) is 17.1 Å². The van der Waals surface area contributed by atoms with Gasteiger partial charge < -0.3 is 9.88 Å². The van der Waals surface area contributed by atoms with E-state index in [0.29, 0.717) is 12.4 Å². The lowest BCUT2D eigenvalue weighted by molar-refractivity contribution is 0.0716. The van der Waals surface area contributed by atoms with Gasteiger partial charge >= 0.3 is 0 Å². The summed E-state index contributed by atoms with van der Waals surface area (Å²) in [7, 11) is 0. The fourth-order valence-corrected chi connectivity index (χ4v) is 1.76. The summed E-state index contributed by atoms with van der Waals surface area (Å²) < 4.78 is 0. The molecule has 17 heavy (non-hydrogen) atoms. The van der Waals surface area contributed by atoms with E-state index in [4.69, 9.17) is 11.6 Å². The zero-order valence-corrected chi connectivity index (χ0v) is 11.0. The van der Waals surface area contributed by atoms with Gasteiger partial charge in [0.05, 0.1) is 0 Å². The van der Waals surface area contributed by atoms with Crippen LogP contribution in [0.25, 0.3) is 0 Å². The minimum absolute atomic E-state index is 0.0157. The number of alkyl halides is 1. The molecule has 0 aromatic carbocycles. The molecule has 1 aromatic heterocycles. The average molecular weight is 257 g/mol. The molecular formula is C12H17ClN2O2. The predicted octanol–water partition coefficient (Wildman–Crippen LogP) is 1.77. The molecule has 0 aliphatic rings. The van der Waals surface area contributed by atoms with Crippen molar-refractivity contribution in [3.8, 4) is 0 Å². The lowest BCUT2D eigenvalue weighted by atomic mass is 10.2. The lowest BCUT2D eigenvalue weighted by Gasteiger charge is -2.25. The second kappa shape index (κ2) is 5.87. The molecule has 0 unspecified atom stereocenters. The third kappa shape index (κ3) is 3.33. The van der Waals surface area contributed by atoms with Crippen molar-refractivity contribution in [2.75, 3.05) is 12.4 Å². The number of rotatable bonds is 4. The minimum Gasteiger partial charge on any atom is -0.364 e. The van der Waals surface area contributed by atoms with Gasteiger partial charge in [0.1, 0.15) is 5.56 Å². The first-order valence-electron chi connectivity index (χ1n) is 5.53. The summed E-state index contributed by atoms with van der Waals surface area (Å²) >= 11 is 5.66. The summed E-state index contributed by atoms with van der Waals surface area (Å²) in [6, 6.07) is 1.44. The van der Waals surface area contributed by atoms with Crippen LogP contribution < -0.4 is 5.43 Å². The van der Waals surface area contributed by atoms with Gasteiger partial charge in [0.2, 0.25) is 0 Å². The number of hydrogen-bond acceptors (Lipinski definition) is 2. The summed E-state index contributed by atoms with van der Waals surface area (Å²) in [5.74, 6) is 0.0788. The number of carbonyl (C=O) groups excluding carboxylic acids is 1. The lowest BCUT2D eigenvalue weighted by Crippen LogP contribution is -2.40. The molecule has 0 aliphatic carbocycles. The number of halogens is 1. The number of aromatic nitrogens is 1. The van der Waals surface area contributed by atoms with E-state index >= 15 is 0 Å². The zero-order chi connectivity index (χ0) is 13.0. The summed E-state index contributed by atoms with van der Waals surface area (Å²) in [6.45, 7) is 6.00. The van der Waals surface area contributed by atoms with Gasteiger partial charge in [-0.05, 0) is 20.8 Å². The first-order valence-corrected chi connectivity index (χ1v) is 6.07. The molecule has 0 fully saturated rings. The molecule has 0 aliphatic heterocycles. The van der Waals surface area contributed by atoms with Crippen LogP contribution in [0.4, 0.5) is 0 Å². The maximum atomic E-state index is 12.2. The fourth-order valence-electron chi connectivity index (χ4n) is 1.58. The molecule has 0 saturated heterocycles. The Morgan fingerprint density at radius 1 is 1.53 bits per heavy atom. The number of H-pyrrole nitrogens is 1. The highest BCUT2D eigenvalue weighted by Crippen LogP contribution is 2.05. The highest BCUT2D eigenvalue weighted by atomic mass is 35.5. The molecular weight excluding hydrogens is 240 g/mol.